The van der Waals surface area contributed by atoms with Crippen LogP contribution in [0.4, 0.5) is 5.69 Å². The highest BCUT2D eigenvalue weighted by atomic mass is 32.1. The van der Waals surface area contributed by atoms with Gasteiger partial charge in [0.15, 0.2) is 0 Å². The molecule has 1 amide bonds. The molecule has 5 heteroatoms. The lowest BCUT2D eigenvalue weighted by Gasteiger charge is -2.08. The molecule has 0 fully saturated rings. The molecule has 0 aliphatic rings. The summed E-state index contributed by atoms with van der Waals surface area (Å²) >= 11 is 1.60. The SMILES string of the molecule is CC(C)c1ccc(NC(=O)Cc2csc(CCc3ccccn3)n2)cc1. The van der Waals surface area contributed by atoms with Crippen LogP contribution in [-0.2, 0) is 24.1 Å². The average molecular weight is 366 g/mol. The minimum absolute atomic E-state index is 0.0381. The van der Waals surface area contributed by atoms with Crippen molar-refractivity contribution in [3.63, 3.8) is 0 Å². The van der Waals surface area contributed by atoms with Crippen LogP contribution in [0.1, 0.15) is 41.7 Å². The van der Waals surface area contributed by atoms with Crippen molar-refractivity contribution in [3.05, 3.63) is 76.0 Å². The van der Waals surface area contributed by atoms with Gasteiger partial charge in [0.05, 0.1) is 17.1 Å². The summed E-state index contributed by atoms with van der Waals surface area (Å²) in [5.41, 5.74) is 3.97. The number of aromatic nitrogens is 2. The van der Waals surface area contributed by atoms with Gasteiger partial charge in [-0.05, 0) is 42.2 Å². The summed E-state index contributed by atoms with van der Waals surface area (Å²) in [6.07, 6.45) is 3.81. The predicted octanol–water partition coefficient (Wildman–Crippen LogP) is 4.63. The lowest BCUT2D eigenvalue weighted by atomic mass is 10.0. The first kappa shape index (κ1) is 18.3. The molecule has 0 aliphatic heterocycles. The molecule has 3 rings (SSSR count). The quantitative estimate of drug-likeness (QED) is 0.664. The number of nitrogens with zero attached hydrogens (tertiary/aromatic N) is 2. The second-order valence-electron chi connectivity index (χ2n) is 6.56. The molecule has 1 N–H and O–H groups in total. The second-order valence-corrected chi connectivity index (χ2v) is 7.50. The minimum Gasteiger partial charge on any atom is -0.326 e. The maximum absolute atomic E-state index is 12.2. The van der Waals surface area contributed by atoms with E-state index in [9.17, 15) is 4.79 Å². The highest BCUT2D eigenvalue weighted by Gasteiger charge is 2.09. The summed E-state index contributed by atoms with van der Waals surface area (Å²) in [5.74, 6) is 0.447. The first-order valence-electron chi connectivity index (χ1n) is 8.83. The number of hydrogen-bond donors (Lipinski definition) is 1. The largest absolute Gasteiger partial charge is 0.326 e. The number of nitrogens with one attached hydrogen (secondary N) is 1. The Hall–Kier alpha value is -2.53. The Morgan fingerprint density at radius 3 is 2.58 bits per heavy atom. The van der Waals surface area contributed by atoms with E-state index < -0.39 is 0 Å². The summed E-state index contributed by atoms with van der Waals surface area (Å²) in [7, 11) is 0. The molecule has 0 bridgehead atoms. The fraction of sp³-hybridized carbons (Fsp3) is 0.286. The van der Waals surface area contributed by atoms with Crippen LogP contribution >= 0.6 is 11.3 Å². The Morgan fingerprint density at radius 1 is 1.08 bits per heavy atom. The lowest BCUT2D eigenvalue weighted by Crippen LogP contribution is -2.14. The van der Waals surface area contributed by atoms with Gasteiger partial charge < -0.3 is 5.32 Å². The van der Waals surface area contributed by atoms with Crippen molar-refractivity contribution in [1.82, 2.24) is 9.97 Å². The summed E-state index contributed by atoms with van der Waals surface area (Å²) in [5, 5.41) is 5.95. The van der Waals surface area contributed by atoms with Crippen LogP contribution in [0.5, 0.6) is 0 Å². The summed E-state index contributed by atoms with van der Waals surface area (Å²) in [6, 6.07) is 13.9. The van der Waals surface area contributed by atoms with Gasteiger partial charge in [0, 0.05) is 29.4 Å². The third-order valence-corrected chi connectivity index (χ3v) is 5.08. The number of amides is 1. The van der Waals surface area contributed by atoms with Crippen LogP contribution in [0.15, 0.2) is 54.0 Å². The Kier molecular flexibility index (Phi) is 6.12. The van der Waals surface area contributed by atoms with E-state index in [-0.39, 0.29) is 5.91 Å². The number of hydrogen-bond acceptors (Lipinski definition) is 4. The number of pyridine rings is 1. The fourth-order valence-electron chi connectivity index (χ4n) is 2.65. The van der Waals surface area contributed by atoms with Crippen molar-refractivity contribution in [1.29, 1.82) is 0 Å². The van der Waals surface area contributed by atoms with Crippen LogP contribution in [0.25, 0.3) is 0 Å². The second kappa shape index (κ2) is 8.72. The molecule has 134 valence electrons. The van der Waals surface area contributed by atoms with Crippen molar-refractivity contribution in [2.45, 2.75) is 39.0 Å². The van der Waals surface area contributed by atoms with Gasteiger partial charge in [0.1, 0.15) is 0 Å². The first-order chi connectivity index (χ1) is 12.6. The van der Waals surface area contributed by atoms with E-state index in [0.717, 1.165) is 34.9 Å². The number of rotatable bonds is 7. The molecule has 2 aromatic heterocycles. The molecular weight excluding hydrogens is 342 g/mol. The molecule has 0 unspecified atom stereocenters. The van der Waals surface area contributed by atoms with Crippen molar-refractivity contribution >= 4 is 22.9 Å². The van der Waals surface area contributed by atoms with Crippen molar-refractivity contribution in [2.24, 2.45) is 0 Å². The molecule has 0 radical (unpaired) electrons. The van der Waals surface area contributed by atoms with Gasteiger partial charge in [0.2, 0.25) is 5.91 Å². The molecule has 4 nitrogen and oxygen atoms in total. The zero-order valence-corrected chi connectivity index (χ0v) is 15.9. The van der Waals surface area contributed by atoms with Crippen LogP contribution in [0, 0.1) is 0 Å². The summed E-state index contributed by atoms with van der Waals surface area (Å²) in [6.45, 7) is 4.31. The topological polar surface area (TPSA) is 54.9 Å². The zero-order chi connectivity index (χ0) is 18.4. The van der Waals surface area contributed by atoms with Crippen molar-refractivity contribution in [2.75, 3.05) is 5.32 Å². The fourth-order valence-corrected chi connectivity index (χ4v) is 3.44. The van der Waals surface area contributed by atoms with Gasteiger partial charge in [-0.2, -0.15) is 0 Å². The third kappa shape index (κ3) is 5.23. The Balaban J connectivity index is 1.51. The van der Waals surface area contributed by atoms with Gasteiger partial charge in [-0.15, -0.1) is 11.3 Å². The van der Waals surface area contributed by atoms with E-state index in [1.54, 1.807) is 17.5 Å². The van der Waals surface area contributed by atoms with E-state index in [1.807, 2.05) is 35.7 Å². The highest BCUT2D eigenvalue weighted by molar-refractivity contribution is 7.09. The van der Waals surface area contributed by atoms with E-state index in [4.69, 9.17) is 0 Å². The van der Waals surface area contributed by atoms with E-state index in [0.29, 0.717) is 12.3 Å². The van der Waals surface area contributed by atoms with Crippen LogP contribution in [0.2, 0.25) is 0 Å². The van der Waals surface area contributed by atoms with Crippen LogP contribution in [0.3, 0.4) is 0 Å². The van der Waals surface area contributed by atoms with E-state index >= 15 is 0 Å². The first-order valence-corrected chi connectivity index (χ1v) is 9.71. The van der Waals surface area contributed by atoms with E-state index in [1.165, 1.54) is 5.56 Å². The van der Waals surface area contributed by atoms with Crippen molar-refractivity contribution < 1.29 is 4.79 Å². The maximum atomic E-state index is 12.2. The molecule has 0 saturated carbocycles. The van der Waals surface area contributed by atoms with Gasteiger partial charge >= 0.3 is 0 Å². The maximum Gasteiger partial charge on any atom is 0.230 e. The third-order valence-electron chi connectivity index (χ3n) is 4.12. The standard InChI is InChI=1S/C21H23N3OS/c1-15(2)16-6-8-18(9-7-16)23-20(25)13-19-14-26-21(24-19)11-10-17-5-3-4-12-22-17/h3-9,12,14-15H,10-11,13H2,1-2H3,(H,23,25). The molecule has 0 spiro atoms. The monoisotopic (exact) mass is 365 g/mol. The van der Waals surface area contributed by atoms with Gasteiger partial charge in [-0.1, -0.05) is 32.0 Å². The van der Waals surface area contributed by atoms with E-state index in [2.05, 4.69) is 41.3 Å². The number of anilines is 1. The molecule has 0 aliphatic carbocycles. The van der Waals surface area contributed by atoms with Crippen LogP contribution in [-0.4, -0.2) is 15.9 Å². The Bertz CT molecular complexity index is 841. The Morgan fingerprint density at radius 2 is 1.88 bits per heavy atom. The number of carbonyl (C=O) groups excluding carboxylic acids is 1. The molecule has 2 heterocycles. The number of aryl methyl sites for hydroxylation is 2. The lowest BCUT2D eigenvalue weighted by molar-refractivity contribution is -0.115. The molecule has 1 aromatic carbocycles. The van der Waals surface area contributed by atoms with Crippen molar-refractivity contribution in [3.8, 4) is 0 Å². The summed E-state index contributed by atoms with van der Waals surface area (Å²) < 4.78 is 0. The summed E-state index contributed by atoms with van der Waals surface area (Å²) in [4.78, 5) is 21.1. The smallest absolute Gasteiger partial charge is 0.230 e. The molecule has 0 atom stereocenters. The molecule has 0 saturated heterocycles. The van der Waals surface area contributed by atoms with Gasteiger partial charge in [-0.3, -0.25) is 9.78 Å². The van der Waals surface area contributed by atoms with Crippen LogP contribution < -0.4 is 5.32 Å². The van der Waals surface area contributed by atoms with Gasteiger partial charge in [0.25, 0.3) is 0 Å². The average Bonchev–Trinajstić information content (AvgIpc) is 3.08. The number of carbonyl (C=O) groups is 1. The minimum atomic E-state index is -0.0381. The Labute approximate surface area is 158 Å². The zero-order valence-electron chi connectivity index (χ0n) is 15.1. The number of thiazole rings is 1. The normalized spacial score (nSPS) is 10.9. The number of benzene rings is 1. The molecule has 3 aromatic rings. The predicted molar refractivity (Wildman–Crippen MR) is 107 cm³/mol. The highest BCUT2D eigenvalue weighted by Crippen LogP contribution is 2.18. The van der Waals surface area contributed by atoms with Gasteiger partial charge in [-0.25, -0.2) is 4.98 Å². The molecular formula is C21H23N3OS. The molecule has 26 heavy (non-hydrogen) atoms.